The van der Waals surface area contributed by atoms with Gasteiger partial charge in [0.1, 0.15) is 0 Å². The fourth-order valence-corrected chi connectivity index (χ4v) is 1.72. The molecule has 1 aromatic carbocycles. The SMILES string of the molecule is C1=C[C@@H](CCc2ccccc2)OCC1. The standard InChI is InChI=1S/C13H16O/c1-2-6-12(7-3-1)9-10-13-8-4-5-11-14-13/h1-4,6-8,13H,5,9-11H2/t13-/m0/s1. The molecule has 0 aromatic heterocycles. The molecule has 1 aromatic rings. The minimum Gasteiger partial charge on any atom is -0.374 e. The third-order valence-corrected chi connectivity index (χ3v) is 2.53. The summed E-state index contributed by atoms with van der Waals surface area (Å²) in [6, 6.07) is 10.6. The Morgan fingerprint density at radius 1 is 1.21 bits per heavy atom. The summed E-state index contributed by atoms with van der Waals surface area (Å²) < 4.78 is 5.61. The second-order valence-electron chi connectivity index (χ2n) is 3.65. The van der Waals surface area contributed by atoms with Gasteiger partial charge in [-0.25, -0.2) is 0 Å². The Balaban J connectivity index is 1.82. The van der Waals surface area contributed by atoms with E-state index in [4.69, 9.17) is 4.74 Å². The molecule has 1 heterocycles. The average Bonchev–Trinajstić information content (AvgIpc) is 2.29. The maximum atomic E-state index is 5.61. The van der Waals surface area contributed by atoms with Crippen LogP contribution in [0, 0.1) is 0 Å². The Kier molecular flexibility index (Phi) is 3.36. The van der Waals surface area contributed by atoms with E-state index in [0.717, 1.165) is 25.9 Å². The second kappa shape index (κ2) is 4.97. The van der Waals surface area contributed by atoms with Crippen LogP contribution in [0.1, 0.15) is 18.4 Å². The van der Waals surface area contributed by atoms with Gasteiger partial charge in [0.25, 0.3) is 0 Å². The third-order valence-electron chi connectivity index (χ3n) is 2.53. The highest BCUT2D eigenvalue weighted by Gasteiger charge is 2.07. The van der Waals surface area contributed by atoms with Crippen molar-refractivity contribution in [2.24, 2.45) is 0 Å². The van der Waals surface area contributed by atoms with Gasteiger partial charge in [-0.3, -0.25) is 0 Å². The van der Waals surface area contributed by atoms with E-state index in [-0.39, 0.29) is 0 Å². The zero-order valence-corrected chi connectivity index (χ0v) is 8.36. The Hall–Kier alpha value is -1.08. The van der Waals surface area contributed by atoms with Gasteiger partial charge in [0, 0.05) is 0 Å². The predicted molar refractivity (Wildman–Crippen MR) is 58.3 cm³/mol. The van der Waals surface area contributed by atoms with Gasteiger partial charge in [-0.1, -0.05) is 42.5 Å². The smallest absolute Gasteiger partial charge is 0.0759 e. The molecular weight excluding hydrogens is 172 g/mol. The number of aryl methyl sites for hydroxylation is 1. The number of rotatable bonds is 3. The molecular formula is C13H16O. The van der Waals surface area contributed by atoms with E-state index < -0.39 is 0 Å². The van der Waals surface area contributed by atoms with Crippen LogP contribution in [0.3, 0.4) is 0 Å². The van der Waals surface area contributed by atoms with Crippen LogP contribution in [0.25, 0.3) is 0 Å². The summed E-state index contributed by atoms with van der Waals surface area (Å²) in [6.45, 7) is 0.885. The van der Waals surface area contributed by atoms with E-state index in [1.165, 1.54) is 5.56 Å². The third kappa shape index (κ3) is 2.71. The molecule has 0 radical (unpaired) electrons. The van der Waals surface area contributed by atoms with Crippen LogP contribution in [0.2, 0.25) is 0 Å². The van der Waals surface area contributed by atoms with Gasteiger partial charge < -0.3 is 4.74 Å². The van der Waals surface area contributed by atoms with Gasteiger partial charge >= 0.3 is 0 Å². The van der Waals surface area contributed by atoms with Crippen LogP contribution >= 0.6 is 0 Å². The summed E-state index contributed by atoms with van der Waals surface area (Å²) >= 11 is 0. The average molecular weight is 188 g/mol. The van der Waals surface area contributed by atoms with E-state index in [1.54, 1.807) is 0 Å². The van der Waals surface area contributed by atoms with Gasteiger partial charge in [-0.15, -0.1) is 0 Å². The zero-order chi connectivity index (χ0) is 9.64. The predicted octanol–water partition coefficient (Wildman–Crippen LogP) is 2.96. The van der Waals surface area contributed by atoms with E-state index >= 15 is 0 Å². The number of benzene rings is 1. The zero-order valence-electron chi connectivity index (χ0n) is 8.36. The largest absolute Gasteiger partial charge is 0.374 e. The lowest BCUT2D eigenvalue weighted by Crippen LogP contribution is -2.15. The molecule has 0 unspecified atom stereocenters. The summed E-state index contributed by atoms with van der Waals surface area (Å²) in [7, 11) is 0. The van der Waals surface area contributed by atoms with Gasteiger partial charge in [0.2, 0.25) is 0 Å². The van der Waals surface area contributed by atoms with Crippen LogP contribution in [0.5, 0.6) is 0 Å². The summed E-state index contributed by atoms with van der Waals surface area (Å²) in [5, 5.41) is 0. The molecule has 1 heteroatoms. The molecule has 14 heavy (non-hydrogen) atoms. The first kappa shape index (κ1) is 9.47. The highest BCUT2D eigenvalue weighted by molar-refractivity contribution is 5.15. The van der Waals surface area contributed by atoms with Crippen molar-refractivity contribution >= 4 is 0 Å². The molecule has 1 aliphatic rings. The molecule has 1 atom stereocenters. The lowest BCUT2D eigenvalue weighted by Gasteiger charge is -2.17. The topological polar surface area (TPSA) is 9.23 Å². The molecule has 0 fully saturated rings. The van der Waals surface area contributed by atoms with Gasteiger partial charge in [-0.2, -0.15) is 0 Å². The molecule has 1 aliphatic heterocycles. The summed E-state index contributed by atoms with van der Waals surface area (Å²) in [5.41, 5.74) is 1.40. The molecule has 0 amide bonds. The fourth-order valence-electron chi connectivity index (χ4n) is 1.72. The summed E-state index contributed by atoms with van der Waals surface area (Å²) in [6.07, 6.45) is 8.02. The summed E-state index contributed by atoms with van der Waals surface area (Å²) in [4.78, 5) is 0. The van der Waals surface area contributed by atoms with Crippen molar-refractivity contribution in [1.82, 2.24) is 0 Å². The monoisotopic (exact) mass is 188 g/mol. The van der Waals surface area contributed by atoms with Crippen LogP contribution in [0.15, 0.2) is 42.5 Å². The fraction of sp³-hybridized carbons (Fsp3) is 0.385. The van der Waals surface area contributed by atoms with Crippen LogP contribution < -0.4 is 0 Å². The van der Waals surface area contributed by atoms with Crippen molar-refractivity contribution in [3.63, 3.8) is 0 Å². The molecule has 0 saturated heterocycles. The molecule has 0 spiro atoms. The highest BCUT2D eigenvalue weighted by atomic mass is 16.5. The van der Waals surface area contributed by atoms with E-state index in [0.29, 0.717) is 6.10 Å². The normalized spacial score (nSPS) is 21.0. The molecule has 74 valence electrons. The number of hydrogen-bond acceptors (Lipinski definition) is 1. The Morgan fingerprint density at radius 2 is 2.07 bits per heavy atom. The summed E-state index contributed by atoms with van der Waals surface area (Å²) in [5.74, 6) is 0. The number of hydrogen-bond donors (Lipinski definition) is 0. The van der Waals surface area contributed by atoms with E-state index in [9.17, 15) is 0 Å². The van der Waals surface area contributed by atoms with Crippen molar-refractivity contribution in [3.8, 4) is 0 Å². The van der Waals surface area contributed by atoms with Gasteiger partial charge in [-0.05, 0) is 24.8 Å². The Morgan fingerprint density at radius 3 is 2.79 bits per heavy atom. The maximum Gasteiger partial charge on any atom is 0.0759 e. The molecule has 1 nitrogen and oxygen atoms in total. The molecule has 0 bridgehead atoms. The molecule has 0 saturated carbocycles. The van der Waals surface area contributed by atoms with Crippen molar-refractivity contribution in [3.05, 3.63) is 48.0 Å². The molecule has 2 rings (SSSR count). The maximum absolute atomic E-state index is 5.61. The van der Waals surface area contributed by atoms with Crippen molar-refractivity contribution in [2.45, 2.75) is 25.4 Å². The number of ether oxygens (including phenoxy) is 1. The van der Waals surface area contributed by atoms with Crippen LogP contribution in [-0.2, 0) is 11.2 Å². The lowest BCUT2D eigenvalue weighted by molar-refractivity contribution is 0.0746. The molecule has 0 N–H and O–H groups in total. The van der Waals surface area contributed by atoms with Gasteiger partial charge in [0.15, 0.2) is 0 Å². The quantitative estimate of drug-likeness (QED) is 0.663. The second-order valence-corrected chi connectivity index (χ2v) is 3.65. The first-order valence-corrected chi connectivity index (χ1v) is 5.27. The van der Waals surface area contributed by atoms with Crippen molar-refractivity contribution in [2.75, 3.05) is 6.61 Å². The van der Waals surface area contributed by atoms with Crippen LogP contribution in [-0.4, -0.2) is 12.7 Å². The van der Waals surface area contributed by atoms with E-state index in [2.05, 4.69) is 42.5 Å². The minimum atomic E-state index is 0.337. The van der Waals surface area contributed by atoms with Crippen LogP contribution in [0.4, 0.5) is 0 Å². The van der Waals surface area contributed by atoms with Crippen molar-refractivity contribution in [1.29, 1.82) is 0 Å². The van der Waals surface area contributed by atoms with Crippen molar-refractivity contribution < 1.29 is 4.74 Å². The van der Waals surface area contributed by atoms with Gasteiger partial charge in [0.05, 0.1) is 12.7 Å². The lowest BCUT2D eigenvalue weighted by atomic mass is 10.1. The Bertz CT molecular complexity index is 289. The van der Waals surface area contributed by atoms with E-state index in [1.807, 2.05) is 0 Å². The first-order chi connectivity index (χ1) is 6.95. The molecule has 0 aliphatic carbocycles. The first-order valence-electron chi connectivity index (χ1n) is 5.27. The Labute approximate surface area is 85.4 Å². The minimum absolute atomic E-state index is 0.337. The highest BCUT2D eigenvalue weighted by Crippen LogP contribution is 2.12.